The lowest BCUT2D eigenvalue weighted by molar-refractivity contribution is -0.118. The van der Waals surface area contributed by atoms with E-state index >= 15 is 0 Å². The number of hydrogen-bond donors (Lipinski definition) is 4. The molecule has 2 aromatic carbocycles. The first-order valence-corrected chi connectivity index (χ1v) is 11.6. The number of aromatic nitrogens is 1. The van der Waals surface area contributed by atoms with Crippen LogP contribution in [-0.4, -0.2) is 35.0 Å². The van der Waals surface area contributed by atoms with Crippen LogP contribution in [0.15, 0.2) is 54.7 Å². The van der Waals surface area contributed by atoms with Gasteiger partial charge in [0.1, 0.15) is 5.82 Å². The summed E-state index contributed by atoms with van der Waals surface area (Å²) in [7, 11) is 0. The average Bonchev–Trinajstić information content (AvgIpc) is 3.21. The summed E-state index contributed by atoms with van der Waals surface area (Å²) in [6.07, 6.45) is 2.70. The van der Waals surface area contributed by atoms with Gasteiger partial charge in [0, 0.05) is 38.3 Å². The van der Waals surface area contributed by atoms with Crippen molar-refractivity contribution < 1.29 is 14.7 Å². The number of hydrogen-bond acceptors (Lipinski definition) is 5. The van der Waals surface area contributed by atoms with Crippen molar-refractivity contribution in [1.82, 2.24) is 15.6 Å². The van der Waals surface area contributed by atoms with E-state index < -0.39 is 6.10 Å². The van der Waals surface area contributed by atoms with Crippen molar-refractivity contribution >= 4 is 29.2 Å². The Morgan fingerprint density at radius 1 is 1.09 bits per heavy atom. The molecule has 34 heavy (non-hydrogen) atoms. The molecule has 1 aliphatic carbocycles. The summed E-state index contributed by atoms with van der Waals surface area (Å²) in [6.45, 7) is 3.30. The Hall–Kier alpha value is -3.26. The van der Waals surface area contributed by atoms with Gasteiger partial charge in [-0.25, -0.2) is 4.98 Å². The van der Waals surface area contributed by atoms with Gasteiger partial charge in [-0.15, -0.1) is 0 Å². The SMILES string of the molecule is CC(=O)NCCNCc1ccc(NC(=O)c2cccc(-c3cccc4c3CC[C@@H]4O)c2Cl)nc1. The van der Waals surface area contributed by atoms with Crippen LogP contribution in [0.5, 0.6) is 0 Å². The van der Waals surface area contributed by atoms with E-state index in [1.165, 1.54) is 6.92 Å². The van der Waals surface area contributed by atoms with Crippen molar-refractivity contribution in [3.63, 3.8) is 0 Å². The number of carbonyl (C=O) groups is 2. The Labute approximate surface area is 203 Å². The summed E-state index contributed by atoms with van der Waals surface area (Å²) in [6, 6.07) is 14.8. The second-order valence-corrected chi connectivity index (χ2v) is 8.64. The molecule has 2 amide bonds. The van der Waals surface area contributed by atoms with Gasteiger partial charge in [-0.2, -0.15) is 0 Å². The van der Waals surface area contributed by atoms with E-state index in [4.69, 9.17) is 11.6 Å². The van der Waals surface area contributed by atoms with E-state index in [2.05, 4.69) is 20.9 Å². The van der Waals surface area contributed by atoms with Crippen LogP contribution in [-0.2, 0) is 17.8 Å². The minimum Gasteiger partial charge on any atom is -0.388 e. The highest BCUT2D eigenvalue weighted by atomic mass is 35.5. The summed E-state index contributed by atoms with van der Waals surface area (Å²) in [5.74, 6) is 0.0333. The van der Waals surface area contributed by atoms with Gasteiger partial charge in [-0.1, -0.05) is 48.0 Å². The number of pyridine rings is 1. The Morgan fingerprint density at radius 2 is 1.88 bits per heavy atom. The van der Waals surface area contributed by atoms with Crippen molar-refractivity contribution in [2.45, 2.75) is 32.4 Å². The number of carbonyl (C=O) groups excluding carboxylic acids is 2. The van der Waals surface area contributed by atoms with Crippen LogP contribution >= 0.6 is 11.6 Å². The zero-order chi connectivity index (χ0) is 24.1. The number of benzene rings is 2. The number of fused-ring (bicyclic) bond motifs is 1. The molecule has 1 aliphatic rings. The standard InChI is InChI=1S/C26H27ClN4O3/c1-16(32)29-13-12-28-14-17-8-11-24(30-15-17)31-26(34)22-7-3-6-21(25(22)27)18-4-2-5-20-19(18)9-10-23(20)33/h2-8,11,15,23,28,33H,9-10,12-14H2,1H3,(H,29,32)(H,30,31,34)/t23-/m0/s1. The lowest BCUT2D eigenvalue weighted by Crippen LogP contribution is -2.29. The highest BCUT2D eigenvalue weighted by molar-refractivity contribution is 6.37. The Balaban J connectivity index is 1.43. The molecule has 176 valence electrons. The minimum absolute atomic E-state index is 0.0549. The molecule has 3 aromatic rings. The van der Waals surface area contributed by atoms with E-state index in [0.29, 0.717) is 42.5 Å². The first-order valence-electron chi connectivity index (χ1n) is 11.2. The highest BCUT2D eigenvalue weighted by Crippen LogP contribution is 2.40. The van der Waals surface area contributed by atoms with Crippen LogP contribution in [0.1, 0.15) is 46.5 Å². The molecule has 4 rings (SSSR count). The molecular weight excluding hydrogens is 452 g/mol. The van der Waals surface area contributed by atoms with Gasteiger partial charge in [0.15, 0.2) is 0 Å². The quantitative estimate of drug-likeness (QED) is 0.368. The predicted molar refractivity (Wildman–Crippen MR) is 133 cm³/mol. The van der Waals surface area contributed by atoms with Crippen molar-refractivity contribution in [2.24, 2.45) is 0 Å². The molecule has 8 heteroatoms. The summed E-state index contributed by atoms with van der Waals surface area (Å²) in [5, 5.41) is 19.3. The molecule has 1 heterocycles. The first kappa shape index (κ1) is 23.9. The third kappa shape index (κ3) is 5.44. The number of nitrogens with one attached hydrogen (secondary N) is 3. The fourth-order valence-electron chi connectivity index (χ4n) is 4.15. The van der Waals surface area contributed by atoms with Crippen molar-refractivity contribution in [2.75, 3.05) is 18.4 Å². The van der Waals surface area contributed by atoms with Gasteiger partial charge in [-0.05, 0) is 47.2 Å². The Bertz CT molecular complexity index is 1200. The van der Waals surface area contributed by atoms with Crippen LogP contribution in [0.3, 0.4) is 0 Å². The van der Waals surface area contributed by atoms with E-state index in [0.717, 1.165) is 34.2 Å². The van der Waals surface area contributed by atoms with Crippen LogP contribution < -0.4 is 16.0 Å². The van der Waals surface area contributed by atoms with Crippen LogP contribution in [0.25, 0.3) is 11.1 Å². The van der Waals surface area contributed by atoms with Gasteiger partial charge < -0.3 is 21.1 Å². The number of anilines is 1. The maximum atomic E-state index is 13.0. The lowest BCUT2D eigenvalue weighted by Gasteiger charge is -2.14. The minimum atomic E-state index is -0.457. The fourth-order valence-corrected chi connectivity index (χ4v) is 4.46. The van der Waals surface area contributed by atoms with E-state index in [1.807, 2.05) is 36.4 Å². The molecule has 0 saturated carbocycles. The molecule has 1 aromatic heterocycles. The van der Waals surface area contributed by atoms with E-state index in [-0.39, 0.29) is 11.8 Å². The van der Waals surface area contributed by atoms with Gasteiger partial charge in [0.05, 0.1) is 16.7 Å². The number of amides is 2. The number of nitrogens with zero attached hydrogens (tertiary/aromatic N) is 1. The molecule has 0 fully saturated rings. The molecule has 0 unspecified atom stereocenters. The number of aliphatic hydroxyl groups is 1. The maximum absolute atomic E-state index is 13.0. The smallest absolute Gasteiger partial charge is 0.258 e. The third-order valence-corrected chi connectivity index (χ3v) is 6.25. The summed E-state index contributed by atoms with van der Waals surface area (Å²) >= 11 is 6.69. The topological polar surface area (TPSA) is 103 Å². The molecule has 0 spiro atoms. The van der Waals surface area contributed by atoms with Crippen LogP contribution in [0.4, 0.5) is 5.82 Å². The average molecular weight is 479 g/mol. The molecule has 7 nitrogen and oxygen atoms in total. The van der Waals surface area contributed by atoms with E-state index in [1.54, 1.807) is 18.3 Å². The molecule has 0 bridgehead atoms. The van der Waals surface area contributed by atoms with Gasteiger partial charge in [0.25, 0.3) is 5.91 Å². The summed E-state index contributed by atoms with van der Waals surface area (Å²) in [4.78, 5) is 28.2. The first-order chi connectivity index (χ1) is 16.4. The summed E-state index contributed by atoms with van der Waals surface area (Å²) in [5.41, 5.74) is 5.05. The predicted octanol–water partition coefficient (Wildman–Crippen LogP) is 3.86. The lowest BCUT2D eigenvalue weighted by atomic mass is 9.95. The second-order valence-electron chi connectivity index (χ2n) is 8.26. The Kier molecular flexibility index (Phi) is 7.57. The largest absolute Gasteiger partial charge is 0.388 e. The maximum Gasteiger partial charge on any atom is 0.258 e. The number of rotatable bonds is 8. The van der Waals surface area contributed by atoms with Crippen LogP contribution in [0, 0.1) is 0 Å². The third-order valence-electron chi connectivity index (χ3n) is 5.84. The molecule has 0 saturated heterocycles. The highest BCUT2D eigenvalue weighted by Gasteiger charge is 2.24. The molecular formula is C26H27ClN4O3. The van der Waals surface area contributed by atoms with Gasteiger partial charge in [0.2, 0.25) is 5.91 Å². The van der Waals surface area contributed by atoms with Gasteiger partial charge >= 0.3 is 0 Å². The van der Waals surface area contributed by atoms with Gasteiger partial charge in [-0.3, -0.25) is 9.59 Å². The van der Waals surface area contributed by atoms with Crippen LogP contribution in [0.2, 0.25) is 5.02 Å². The fraction of sp³-hybridized carbons (Fsp3) is 0.269. The second kappa shape index (κ2) is 10.8. The Morgan fingerprint density at radius 3 is 2.65 bits per heavy atom. The zero-order valence-electron chi connectivity index (χ0n) is 18.9. The molecule has 0 aliphatic heterocycles. The zero-order valence-corrected chi connectivity index (χ0v) is 19.7. The van der Waals surface area contributed by atoms with Crippen molar-refractivity contribution in [3.8, 4) is 11.1 Å². The molecule has 1 atom stereocenters. The number of halogens is 1. The van der Waals surface area contributed by atoms with Crippen molar-refractivity contribution in [1.29, 1.82) is 0 Å². The van der Waals surface area contributed by atoms with Crippen molar-refractivity contribution in [3.05, 3.63) is 82.0 Å². The normalized spacial score (nSPS) is 14.5. The number of aliphatic hydroxyl groups excluding tert-OH is 1. The molecule has 4 N–H and O–H groups in total. The van der Waals surface area contributed by atoms with E-state index in [9.17, 15) is 14.7 Å². The summed E-state index contributed by atoms with van der Waals surface area (Å²) < 4.78 is 0. The monoisotopic (exact) mass is 478 g/mol. The molecule has 0 radical (unpaired) electrons.